The van der Waals surface area contributed by atoms with Crippen molar-refractivity contribution in [1.29, 1.82) is 0 Å². The topological polar surface area (TPSA) is 40.7 Å². The van der Waals surface area contributed by atoms with Gasteiger partial charge < -0.3 is 10.3 Å². The molecular weight excluding hydrogens is 302 g/mol. The molecule has 0 radical (unpaired) electrons. The van der Waals surface area contributed by atoms with Crippen LogP contribution in [-0.4, -0.2) is 9.97 Å². The number of aromatic nitrogens is 2. The maximum absolute atomic E-state index is 4.53. The van der Waals surface area contributed by atoms with Gasteiger partial charge in [-0.05, 0) is 29.8 Å². The lowest BCUT2D eigenvalue weighted by atomic mass is 10.2. The lowest BCUT2D eigenvalue weighted by Gasteiger charge is -2.03. The Labute approximate surface area is 120 Å². The number of H-pyrrole nitrogens is 1. The van der Waals surface area contributed by atoms with Gasteiger partial charge in [-0.3, -0.25) is 0 Å². The summed E-state index contributed by atoms with van der Waals surface area (Å²) in [6.45, 7) is 1.57. The third-order valence-electron chi connectivity index (χ3n) is 2.95. The molecule has 0 aliphatic rings. The lowest BCUT2D eigenvalue weighted by Crippen LogP contribution is -2.13. The standard InChI is InChI=1S/C15H14BrN3/c16-12-5-3-4-11(8-12)9-17-10-15-18-13-6-1-2-7-14(13)19-15/h1-8,17H,9-10H2,(H,18,19). The average molecular weight is 316 g/mol. The van der Waals surface area contributed by atoms with Crippen molar-refractivity contribution in [1.82, 2.24) is 15.3 Å². The monoisotopic (exact) mass is 315 g/mol. The maximum atomic E-state index is 4.53. The van der Waals surface area contributed by atoms with Crippen molar-refractivity contribution in [3.63, 3.8) is 0 Å². The van der Waals surface area contributed by atoms with Crippen LogP contribution in [0.3, 0.4) is 0 Å². The normalized spacial score (nSPS) is 11.0. The van der Waals surface area contributed by atoms with Crippen LogP contribution in [-0.2, 0) is 13.1 Å². The molecule has 3 nitrogen and oxygen atoms in total. The van der Waals surface area contributed by atoms with Crippen LogP contribution in [0.4, 0.5) is 0 Å². The highest BCUT2D eigenvalue weighted by Gasteiger charge is 2.01. The molecule has 1 aromatic heterocycles. The van der Waals surface area contributed by atoms with Crippen LogP contribution in [0.2, 0.25) is 0 Å². The van der Waals surface area contributed by atoms with Gasteiger partial charge in [0.2, 0.25) is 0 Å². The molecule has 19 heavy (non-hydrogen) atoms. The van der Waals surface area contributed by atoms with E-state index in [4.69, 9.17) is 0 Å². The Balaban J connectivity index is 1.63. The van der Waals surface area contributed by atoms with Crippen LogP contribution in [0.1, 0.15) is 11.4 Å². The van der Waals surface area contributed by atoms with Gasteiger partial charge in [0.05, 0.1) is 17.6 Å². The first-order valence-electron chi connectivity index (χ1n) is 6.20. The smallest absolute Gasteiger partial charge is 0.121 e. The van der Waals surface area contributed by atoms with Crippen LogP contribution in [0.25, 0.3) is 11.0 Å². The first-order valence-corrected chi connectivity index (χ1v) is 6.99. The van der Waals surface area contributed by atoms with Crippen LogP contribution in [0, 0.1) is 0 Å². The van der Waals surface area contributed by atoms with E-state index in [9.17, 15) is 0 Å². The number of hydrogen-bond acceptors (Lipinski definition) is 2. The van der Waals surface area contributed by atoms with E-state index >= 15 is 0 Å². The van der Waals surface area contributed by atoms with Crippen LogP contribution < -0.4 is 5.32 Å². The zero-order valence-corrected chi connectivity index (χ0v) is 11.9. The van der Waals surface area contributed by atoms with Crippen molar-refractivity contribution in [2.45, 2.75) is 13.1 Å². The number of hydrogen-bond donors (Lipinski definition) is 2. The minimum absolute atomic E-state index is 0.737. The zero-order chi connectivity index (χ0) is 13.1. The second-order valence-corrected chi connectivity index (χ2v) is 5.35. The second kappa shape index (κ2) is 5.55. The summed E-state index contributed by atoms with van der Waals surface area (Å²) in [7, 11) is 0. The van der Waals surface area contributed by atoms with Gasteiger partial charge in [-0.1, -0.05) is 40.2 Å². The molecule has 0 saturated carbocycles. The van der Waals surface area contributed by atoms with Gasteiger partial charge in [0.1, 0.15) is 5.82 Å². The number of benzene rings is 2. The number of fused-ring (bicyclic) bond motifs is 1. The van der Waals surface area contributed by atoms with Gasteiger partial charge in [0.15, 0.2) is 0 Å². The number of halogens is 1. The molecule has 0 bridgehead atoms. The molecule has 0 aliphatic carbocycles. The Bertz CT molecular complexity index is 657. The number of nitrogens with one attached hydrogen (secondary N) is 2. The van der Waals surface area contributed by atoms with Gasteiger partial charge in [0, 0.05) is 11.0 Å². The van der Waals surface area contributed by atoms with Crippen molar-refractivity contribution < 1.29 is 0 Å². The van der Waals surface area contributed by atoms with Crippen molar-refractivity contribution in [2.24, 2.45) is 0 Å². The Hall–Kier alpha value is -1.65. The van der Waals surface area contributed by atoms with Crippen molar-refractivity contribution in [3.8, 4) is 0 Å². The summed E-state index contributed by atoms with van der Waals surface area (Å²) in [5.74, 6) is 0.969. The third kappa shape index (κ3) is 3.03. The SMILES string of the molecule is Brc1cccc(CNCc2nc3ccccc3[nH]2)c1. The van der Waals surface area contributed by atoms with E-state index in [0.717, 1.165) is 34.4 Å². The molecule has 4 heteroatoms. The van der Waals surface area contributed by atoms with Crippen molar-refractivity contribution in [3.05, 3.63) is 64.4 Å². The molecule has 2 N–H and O–H groups in total. The van der Waals surface area contributed by atoms with Gasteiger partial charge in [-0.2, -0.15) is 0 Å². The highest BCUT2D eigenvalue weighted by atomic mass is 79.9. The lowest BCUT2D eigenvalue weighted by molar-refractivity contribution is 0.670. The number of aromatic amines is 1. The first-order chi connectivity index (χ1) is 9.31. The molecule has 3 aromatic rings. The van der Waals surface area contributed by atoms with Gasteiger partial charge in [0.25, 0.3) is 0 Å². The summed E-state index contributed by atoms with van der Waals surface area (Å²) < 4.78 is 1.11. The predicted molar refractivity (Wildman–Crippen MR) is 80.8 cm³/mol. The summed E-state index contributed by atoms with van der Waals surface area (Å²) in [6, 6.07) is 16.4. The van der Waals surface area contributed by atoms with E-state index in [1.165, 1.54) is 5.56 Å². The Morgan fingerprint density at radius 3 is 2.79 bits per heavy atom. The number of rotatable bonds is 4. The number of imidazole rings is 1. The Kier molecular flexibility index (Phi) is 3.62. The summed E-state index contributed by atoms with van der Waals surface area (Å²) in [5, 5.41) is 3.39. The molecule has 96 valence electrons. The van der Waals surface area contributed by atoms with E-state index < -0.39 is 0 Å². The molecule has 0 unspecified atom stereocenters. The van der Waals surface area contributed by atoms with Gasteiger partial charge in [-0.25, -0.2) is 4.98 Å². The van der Waals surface area contributed by atoms with Crippen molar-refractivity contribution >= 4 is 27.0 Å². The van der Waals surface area contributed by atoms with Crippen LogP contribution in [0.15, 0.2) is 53.0 Å². The average Bonchev–Trinajstić information content (AvgIpc) is 2.81. The van der Waals surface area contributed by atoms with E-state index in [1.807, 2.05) is 36.4 Å². The quantitative estimate of drug-likeness (QED) is 0.772. The Morgan fingerprint density at radius 1 is 1.05 bits per heavy atom. The largest absolute Gasteiger partial charge is 0.341 e. The minimum Gasteiger partial charge on any atom is -0.341 e. The van der Waals surface area contributed by atoms with E-state index in [-0.39, 0.29) is 0 Å². The summed E-state index contributed by atoms with van der Waals surface area (Å²) >= 11 is 3.48. The summed E-state index contributed by atoms with van der Waals surface area (Å²) in [6.07, 6.45) is 0. The molecule has 0 aliphatic heterocycles. The second-order valence-electron chi connectivity index (χ2n) is 4.43. The van der Waals surface area contributed by atoms with E-state index in [2.05, 4.69) is 43.3 Å². The maximum Gasteiger partial charge on any atom is 0.121 e. The molecule has 3 rings (SSSR count). The van der Waals surface area contributed by atoms with Crippen LogP contribution >= 0.6 is 15.9 Å². The third-order valence-corrected chi connectivity index (χ3v) is 3.44. The Morgan fingerprint density at radius 2 is 1.95 bits per heavy atom. The minimum atomic E-state index is 0.737. The zero-order valence-electron chi connectivity index (χ0n) is 10.4. The fraction of sp³-hybridized carbons (Fsp3) is 0.133. The van der Waals surface area contributed by atoms with Crippen molar-refractivity contribution in [2.75, 3.05) is 0 Å². The van der Waals surface area contributed by atoms with E-state index in [0.29, 0.717) is 0 Å². The fourth-order valence-corrected chi connectivity index (χ4v) is 2.51. The predicted octanol–water partition coefficient (Wildman–Crippen LogP) is 3.62. The van der Waals surface area contributed by atoms with E-state index in [1.54, 1.807) is 0 Å². The molecule has 1 heterocycles. The summed E-state index contributed by atoms with van der Waals surface area (Å²) in [5.41, 5.74) is 3.36. The number of para-hydroxylation sites is 2. The fourth-order valence-electron chi connectivity index (χ4n) is 2.06. The summed E-state index contributed by atoms with van der Waals surface area (Å²) in [4.78, 5) is 7.84. The molecule has 0 saturated heterocycles. The molecule has 0 fully saturated rings. The molecule has 0 amide bonds. The van der Waals surface area contributed by atoms with Crippen LogP contribution in [0.5, 0.6) is 0 Å². The first kappa shape index (κ1) is 12.4. The highest BCUT2D eigenvalue weighted by molar-refractivity contribution is 9.10. The van der Waals surface area contributed by atoms with Gasteiger partial charge >= 0.3 is 0 Å². The highest BCUT2D eigenvalue weighted by Crippen LogP contribution is 2.12. The molecular formula is C15H14BrN3. The van der Waals surface area contributed by atoms with Gasteiger partial charge in [-0.15, -0.1) is 0 Å². The molecule has 0 spiro atoms. The molecule has 2 aromatic carbocycles. The molecule has 0 atom stereocenters. The number of nitrogens with zero attached hydrogens (tertiary/aromatic N) is 1.